The monoisotopic (exact) mass is 294 g/mol. The van der Waals surface area contributed by atoms with E-state index >= 15 is 0 Å². The van der Waals surface area contributed by atoms with Crippen LogP contribution in [0.3, 0.4) is 0 Å². The van der Waals surface area contributed by atoms with Crippen LogP contribution in [-0.2, 0) is 6.54 Å². The van der Waals surface area contributed by atoms with Gasteiger partial charge in [0.05, 0.1) is 10.7 Å². The Kier molecular flexibility index (Phi) is 4.30. The largest absolute Gasteiger partial charge is 0.398 e. The molecule has 0 aliphatic rings. The summed E-state index contributed by atoms with van der Waals surface area (Å²) in [6.07, 6.45) is 0. The van der Waals surface area contributed by atoms with Crippen molar-refractivity contribution < 1.29 is 4.79 Å². The SMILES string of the molecule is Nc1ccc(C(=O)NCc2ccc(Cl)cc2)cc1Cl. The van der Waals surface area contributed by atoms with Gasteiger partial charge in [-0.1, -0.05) is 35.3 Å². The van der Waals surface area contributed by atoms with Gasteiger partial charge in [-0.05, 0) is 35.9 Å². The summed E-state index contributed by atoms with van der Waals surface area (Å²) in [5, 5.41) is 3.84. The van der Waals surface area contributed by atoms with Crippen LogP contribution in [0.2, 0.25) is 10.0 Å². The van der Waals surface area contributed by atoms with Crippen LogP contribution in [0.1, 0.15) is 15.9 Å². The van der Waals surface area contributed by atoms with Crippen molar-refractivity contribution in [3.8, 4) is 0 Å². The molecule has 19 heavy (non-hydrogen) atoms. The standard InChI is InChI=1S/C14H12Cl2N2O/c15-11-4-1-9(2-5-11)8-18-14(19)10-3-6-13(17)12(16)7-10/h1-7H,8,17H2,(H,18,19). The Bertz CT molecular complexity index is 597. The second kappa shape index (κ2) is 5.95. The minimum Gasteiger partial charge on any atom is -0.398 e. The fourth-order valence-corrected chi connectivity index (χ4v) is 1.86. The molecule has 0 saturated heterocycles. The Morgan fingerprint density at radius 3 is 2.42 bits per heavy atom. The van der Waals surface area contributed by atoms with Gasteiger partial charge in [-0.25, -0.2) is 0 Å². The molecule has 0 saturated carbocycles. The lowest BCUT2D eigenvalue weighted by atomic mass is 10.2. The van der Waals surface area contributed by atoms with Gasteiger partial charge >= 0.3 is 0 Å². The Morgan fingerprint density at radius 2 is 1.79 bits per heavy atom. The van der Waals surface area contributed by atoms with Crippen molar-refractivity contribution >= 4 is 34.8 Å². The van der Waals surface area contributed by atoms with E-state index in [4.69, 9.17) is 28.9 Å². The molecule has 3 nitrogen and oxygen atoms in total. The van der Waals surface area contributed by atoms with Crippen molar-refractivity contribution in [3.05, 3.63) is 63.6 Å². The van der Waals surface area contributed by atoms with E-state index in [1.807, 2.05) is 12.1 Å². The first-order valence-electron chi connectivity index (χ1n) is 5.64. The van der Waals surface area contributed by atoms with E-state index in [2.05, 4.69) is 5.32 Å². The maximum absolute atomic E-state index is 11.9. The van der Waals surface area contributed by atoms with Crippen molar-refractivity contribution in [2.45, 2.75) is 6.54 Å². The zero-order valence-electron chi connectivity index (χ0n) is 9.99. The molecule has 0 heterocycles. The topological polar surface area (TPSA) is 55.1 Å². The van der Waals surface area contributed by atoms with E-state index in [1.54, 1.807) is 30.3 Å². The van der Waals surface area contributed by atoms with Crippen LogP contribution in [0.4, 0.5) is 5.69 Å². The van der Waals surface area contributed by atoms with E-state index in [0.717, 1.165) is 5.56 Å². The Labute approximate surface area is 121 Å². The Morgan fingerprint density at radius 1 is 1.11 bits per heavy atom. The fraction of sp³-hybridized carbons (Fsp3) is 0.0714. The maximum atomic E-state index is 11.9. The summed E-state index contributed by atoms with van der Waals surface area (Å²) in [7, 11) is 0. The first-order chi connectivity index (χ1) is 9.06. The molecule has 98 valence electrons. The summed E-state index contributed by atoms with van der Waals surface area (Å²) in [5.41, 5.74) is 7.50. The summed E-state index contributed by atoms with van der Waals surface area (Å²) in [6, 6.07) is 12.1. The van der Waals surface area contributed by atoms with E-state index < -0.39 is 0 Å². The van der Waals surface area contributed by atoms with Crippen molar-refractivity contribution in [2.24, 2.45) is 0 Å². The number of rotatable bonds is 3. The van der Waals surface area contributed by atoms with E-state index in [0.29, 0.717) is 27.8 Å². The number of hydrogen-bond donors (Lipinski definition) is 2. The third kappa shape index (κ3) is 3.63. The Hall–Kier alpha value is -1.71. The normalized spacial score (nSPS) is 10.2. The zero-order valence-corrected chi connectivity index (χ0v) is 11.5. The number of carbonyl (C=O) groups is 1. The van der Waals surface area contributed by atoms with Gasteiger partial charge < -0.3 is 11.1 Å². The third-order valence-corrected chi connectivity index (χ3v) is 3.21. The first-order valence-corrected chi connectivity index (χ1v) is 6.39. The number of halogens is 2. The molecule has 0 atom stereocenters. The van der Waals surface area contributed by atoms with Crippen molar-refractivity contribution in [2.75, 3.05) is 5.73 Å². The van der Waals surface area contributed by atoms with Gasteiger partial charge in [0.2, 0.25) is 0 Å². The number of anilines is 1. The highest BCUT2D eigenvalue weighted by molar-refractivity contribution is 6.33. The van der Waals surface area contributed by atoms with Crippen LogP contribution in [0.5, 0.6) is 0 Å². The number of nitrogens with two attached hydrogens (primary N) is 1. The Balaban J connectivity index is 2.01. The van der Waals surface area contributed by atoms with Gasteiger partial charge in [0, 0.05) is 17.1 Å². The average Bonchev–Trinajstić information content (AvgIpc) is 2.41. The van der Waals surface area contributed by atoms with E-state index in [1.165, 1.54) is 0 Å². The molecule has 1 amide bonds. The summed E-state index contributed by atoms with van der Waals surface area (Å²) in [6.45, 7) is 0.429. The molecular formula is C14H12Cl2N2O. The number of amides is 1. The summed E-state index contributed by atoms with van der Waals surface area (Å²) in [4.78, 5) is 11.9. The van der Waals surface area contributed by atoms with Gasteiger partial charge in [0.25, 0.3) is 5.91 Å². The lowest BCUT2D eigenvalue weighted by Crippen LogP contribution is -2.22. The molecule has 2 rings (SSSR count). The molecule has 0 aliphatic heterocycles. The molecule has 3 N–H and O–H groups in total. The number of nitrogen functional groups attached to an aromatic ring is 1. The van der Waals surface area contributed by atoms with Gasteiger partial charge in [-0.3, -0.25) is 4.79 Å². The van der Waals surface area contributed by atoms with Crippen LogP contribution in [0.25, 0.3) is 0 Å². The van der Waals surface area contributed by atoms with Crippen molar-refractivity contribution in [1.82, 2.24) is 5.32 Å². The van der Waals surface area contributed by atoms with E-state index in [-0.39, 0.29) is 5.91 Å². The lowest BCUT2D eigenvalue weighted by Gasteiger charge is -2.06. The number of carbonyl (C=O) groups excluding carboxylic acids is 1. The zero-order chi connectivity index (χ0) is 13.8. The highest BCUT2D eigenvalue weighted by atomic mass is 35.5. The molecule has 0 radical (unpaired) electrons. The second-order valence-corrected chi connectivity index (χ2v) is 4.89. The van der Waals surface area contributed by atoms with Gasteiger partial charge in [0.15, 0.2) is 0 Å². The lowest BCUT2D eigenvalue weighted by molar-refractivity contribution is 0.0951. The molecule has 0 spiro atoms. The predicted molar refractivity (Wildman–Crippen MR) is 78.5 cm³/mol. The van der Waals surface area contributed by atoms with Gasteiger partial charge in [0.1, 0.15) is 0 Å². The molecular weight excluding hydrogens is 283 g/mol. The smallest absolute Gasteiger partial charge is 0.251 e. The predicted octanol–water partition coefficient (Wildman–Crippen LogP) is 3.51. The first kappa shape index (κ1) is 13.7. The summed E-state index contributed by atoms with van der Waals surface area (Å²) < 4.78 is 0. The average molecular weight is 295 g/mol. The quantitative estimate of drug-likeness (QED) is 0.851. The maximum Gasteiger partial charge on any atom is 0.251 e. The van der Waals surface area contributed by atoms with Gasteiger partial charge in [-0.15, -0.1) is 0 Å². The van der Waals surface area contributed by atoms with Crippen LogP contribution in [0, 0.1) is 0 Å². The molecule has 2 aromatic rings. The van der Waals surface area contributed by atoms with Crippen LogP contribution >= 0.6 is 23.2 Å². The number of hydrogen-bond acceptors (Lipinski definition) is 2. The van der Waals surface area contributed by atoms with Gasteiger partial charge in [-0.2, -0.15) is 0 Å². The molecule has 0 fully saturated rings. The molecule has 0 aromatic heterocycles. The summed E-state index contributed by atoms with van der Waals surface area (Å²) in [5.74, 6) is -0.197. The molecule has 0 unspecified atom stereocenters. The number of nitrogens with one attached hydrogen (secondary N) is 1. The van der Waals surface area contributed by atoms with Crippen LogP contribution in [0.15, 0.2) is 42.5 Å². The van der Waals surface area contributed by atoms with E-state index in [9.17, 15) is 4.79 Å². The van der Waals surface area contributed by atoms with Crippen molar-refractivity contribution in [3.63, 3.8) is 0 Å². The molecule has 2 aromatic carbocycles. The van der Waals surface area contributed by atoms with Crippen LogP contribution in [-0.4, -0.2) is 5.91 Å². The minimum atomic E-state index is -0.197. The highest BCUT2D eigenvalue weighted by Gasteiger charge is 2.07. The third-order valence-electron chi connectivity index (χ3n) is 2.63. The number of benzene rings is 2. The highest BCUT2D eigenvalue weighted by Crippen LogP contribution is 2.19. The molecule has 0 bridgehead atoms. The van der Waals surface area contributed by atoms with Crippen molar-refractivity contribution in [1.29, 1.82) is 0 Å². The second-order valence-electron chi connectivity index (χ2n) is 4.05. The molecule has 0 aliphatic carbocycles. The molecule has 5 heteroatoms. The summed E-state index contributed by atoms with van der Waals surface area (Å²) >= 11 is 11.7. The minimum absolute atomic E-state index is 0.197. The fourth-order valence-electron chi connectivity index (χ4n) is 1.56. The van der Waals surface area contributed by atoms with Crippen LogP contribution < -0.4 is 11.1 Å².